The Morgan fingerprint density at radius 2 is 1.76 bits per heavy atom. The van der Waals surface area contributed by atoms with Crippen LogP contribution in [0.5, 0.6) is 0 Å². The van der Waals surface area contributed by atoms with Gasteiger partial charge in [-0.2, -0.15) is 0 Å². The second-order valence-corrected chi connectivity index (χ2v) is 16.7. The number of nitrogens with zero attached hydrogens (tertiary/aromatic N) is 2. The number of amides is 1. The van der Waals surface area contributed by atoms with E-state index in [0.717, 1.165) is 18.7 Å². The van der Waals surface area contributed by atoms with E-state index >= 15 is 0 Å². The average Bonchev–Trinajstić information content (AvgIpc) is 3.80. The van der Waals surface area contributed by atoms with E-state index in [0.29, 0.717) is 38.8 Å². The maximum absolute atomic E-state index is 13.6. The molecule has 0 spiro atoms. The maximum Gasteiger partial charge on any atom is 0.410 e. The number of rotatable bonds is 10. The Labute approximate surface area is 306 Å². The number of epoxide rings is 1. The zero-order valence-electron chi connectivity index (χ0n) is 33.0. The summed E-state index contributed by atoms with van der Waals surface area (Å²) in [4.78, 5) is 43.2. The number of carbonyl (C=O) groups excluding carboxylic acids is 3. The molecule has 2 saturated heterocycles. The summed E-state index contributed by atoms with van der Waals surface area (Å²) in [6.45, 7) is 23.5. The van der Waals surface area contributed by atoms with Crippen LogP contribution in [-0.2, 0) is 28.5 Å². The van der Waals surface area contributed by atoms with Crippen molar-refractivity contribution in [3.8, 4) is 0 Å². The van der Waals surface area contributed by atoms with E-state index in [4.69, 9.17) is 18.9 Å². The Balaban J connectivity index is 1.82. The molecule has 0 aromatic carbocycles. The van der Waals surface area contributed by atoms with E-state index in [1.807, 2.05) is 46.8 Å². The number of allylic oxidation sites excluding steroid dienone is 2. The second kappa shape index (κ2) is 17.9. The van der Waals surface area contributed by atoms with Crippen LogP contribution in [0.15, 0.2) is 36.0 Å². The summed E-state index contributed by atoms with van der Waals surface area (Å²) in [7, 11) is 0. The molecular weight excluding hydrogens is 652 g/mol. The summed E-state index contributed by atoms with van der Waals surface area (Å²) in [6.07, 6.45) is 8.45. The molecule has 0 unspecified atom stereocenters. The standard InChI is InChI=1S/C40H66N2O9/c1-12-31(44)29(5)36-32(48-36)25-39(10,47)18-13-14-27(3)35-28(4)15-16-33(49-37(46)41-20-22-42(23-21-41)38(7,8)9)40(11,51-30(6)43)19-17-26(2)24-34(45)50-35/h13-16,18,26,28-29,31-33,35-36,44,47H,12,17,19-25H2,1-11H3/b16-15+,18-13+,27-14+/t26-,28+,29-,31+,32-,33+,35-,36-,39+,40-/m1/s1. The van der Waals surface area contributed by atoms with Crippen molar-refractivity contribution in [2.24, 2.45) is 17.8 Å². The van der Waals surface area contributed by atoms with Gasteiger partial charge in [-0.05, 0) is 78.4 Å². The van der Waals surface area contributed by atoms with E-state index in [2.05, 4.69) is 25.7 Å². The van der Waals surface area contributed by atoms with Crippen molar-refractivity contribution in [1.29, 1.82) is 0 Å². The largest absolute Gasteiger partial charge is 0.457 e. The van der Waals surface area contributed by atoms with Gasteiger partial charge in [0.2, 0.25) is 0 Å². The molecule has 0 aromatic rings. The fourth-order valence-corrected chi connectivity index (χ4v) is 7.14. The van der Waals surface area contributed by atoms with Gasteiger partial charge < -0.3 is 34.1 Å². The predicted octanol–water partition coefficient (Wildman–Crippen LogP) is 5.97. The third-order valence-electron chi connectivity index (χ3n) is 10.7. The first kappa shape index (κ1) is 42.7. The average molecular weight is 719 g/mol. The minimum absolute atomic E-state index is 0.000321. The molecule has 0 saturated carbocycles. The Morgan fingerprint density at radius 1 is 1.12 bits per heavy atom. The third-order valence-corrected chi connectivity index (χ3v) is 10.7. The Hall–Kier alpha value is -2.73. The second-order valence-electron chi connectivity index (χ2n) is 16.7. The highest BCUT2D eigenvalue weighted by atomic mass is 16.6. The van der Waals surface area contributed by atoms with Gasteiger partial charge in [-0.1, -0.05) is 52.0 Å². The zero-order valence-corrected chi connectivity index (χ0v) is 33.0. The molecule has 0 aliphatic carbocycles. The van der Waals surface area contributed by atoms with Crippen LogP contribution in [0.4, 0.5) is 4.79 Å². The van der Waals surface area contributed by atoms with Crippen LogP contribution in [0.2, 0.25) is 0 Å². The number of aliphatic hydroxyl groups is 2. The van der Waals surface area contributed by atoms with E-state index in [-0.39, 0.29) is 47.9 Å². The minimum Gasteiger partial charge on any atom is -0.457 e. The van der Waals surface area contributed by atoms with Crippen LogP contribution < -0.4 is 0 Å². The normalized spacial score (nSPS) is 33.2. The highest BCUT2D eigenvalue weighted by molar-refractivity contribution is 5.70. The van der Waals surface area contributed by atoms with E-state index in [1.54, 1.807) is 37.0 Å². The number of piperazine rings is 1. The fourth-order valence-electron chi connectivity index (χ4n) is 7.14. The van der Waals surface area contributed by atoms with Gasteiger partial charge in [-0.3, -0.25) is 14.5 Å². The zero-order chi connectivity index (χ0) is 38.3. The Kier molecular flexibility index (Phi) is 14.9. The van der Waals surface area contributed by atoms with Gasteiger partial charge in [0, 0.05) is 63.3 Å². The van der Waals surface area contributed by atoms with Crippen LogP contribution in [0.1, 0.15) is 108 Å². The fraction of sp³-hybridized carbons (Fsp3) is 0.775. The topological polar surface area (TPSA) is 138 Å². The molecule has 0 radical (unpaired) electrons. The molecule has 290 valence electrons. The SMILES string of the molecule is CC[C@H](O)[C@@H](C)[C@H]1O[C@@H]1C[C@@](C)(O)/C=C/C=C(\C)[C@H]1OC(=O)C[C@H](C)CC[C@@](C)(OC(C)=O)[C@@H](OC(=O)N2CCN(C(C)(C)C)CC2)/C=C/[C@@H]1C. The van der Waals surface area contributed by atoms with Crippen molar-refractivity contribution < 1.29 is 43.5 Å². The summed E-state index contributed by atoms with van der Waals surface area (Å²) in [6, 6.07) is 0. The van der Waals surface area contributed by atoms with Gasteiger partial charge in [0.25, 0.3) is 0 Å². The number of esters is 2. The number of cyclic esters (lactones) is 1. The predicted molar refractivity (Wildman–Crippen MR) is 197 cm³/mol. The first-order valence-electron chi connectivity index (χ1n) is 18.9. The van der Waals surface area contributed by atoms with Crippen molar-refractivity contribution in [3.05, 3.63) is 36.0 Å². The molecule has 1 amide bonds. The molecular formula is C40H66N2O9. The van der Waals surface area contributed by atoms with E-state index in [1.165, 1.54) is 6.92 Å². The minimum atomic E-state index is -1.16. The van der Waals surface area contributed by atoms with Gasteiger partial charge >= 0.3 is 18.0 Å². The molecule has 51 heavy (non-hydrogen) atoms. The Morgan fingerprint density at radius 3 is 2.35 bits per heavy atom. The van der Waals surface area contributed by atoms with Gasteiger partial charge in [0.1, 0.15) is 11.7 Å². The monoisotopic (exact) mass is 718 g/mol. The third kappa shape index (κ3) is 12.7. The van der Waals surface area contributed by atoms with Crippen molar-refractivity contribution in [2.45, 2.75) is 156 Å². The van der Waals surface area contributed by atoms with Crippen LogP contribution in [0.3, 0.4) is 0 Å². The molecule has 3 aliphatic rings. The van der Waals surface area contributed by atoms with Gasteiger partial charge in [0.05, 0.1) is 23.9 Å². The van der Waals surface area contributed by atoms with Crippen molar-refractivity contribution in [2.75, 3.05) is 26.2 Å². The van der Waals surface area contributed by atoms with Crippen LogP contribution in [-0.4, -0.2) is 111 Å². The smallest absolute Gasteiger partial charge is 0.410 e. The lowest BCUT2D eigenvalue weighted by molar-refractivity contribution is -0.167. The lowest BCUT2D eigenvalue weighted by Gasteiger charge is -2.42. The molecule has 11 nitrogen and oxygen atoms in total. The molecule has 2 fully saturated rings. The molecule has 2 N–H and O–H groups in total. The quantitative estimate of drug-likeness (QED) is 0.0914. The van der Waals surface area contributed by atoms with Crippen LogP contribution in [0.25, 0.3) is 0 Å². The number of ether oxygens (including phenoxy) is 4. The van der Waals surface area contributed by atoms with E-state index in [9.17, 15) is 24.6 Å². The number of hydrogen-bond donors (Lipinski definition) is 2. The summed E-state index contributed by atoms with van der Waals surface area (Å²) in [5.74, 6) is -1.23. The first-order chi connectivity index (χ1) is 23.7. The summed E-state index contributed by atoms with van der Waals surface area (Å²) in [5.41, 5.74) is -1.53. The number of hydrogen-bond acceptors (Lipinski definition) is 10. The van der Waals surface area contributed by atoms with Crippen molar-refractivity contribution >= 4 is 18.0 Å². The summed E-state index contributed by atoms with van der Waals surface area (Å²) < 4.78 is 23.9. The van der Waals surface area contributed by atoms with Crippen molar-refractivity contribution in [3.63, 3.8) is 0 Å². The Bertz CT molecular complexity index is 1280. The lowest BCUT2D eigenvalue weighted by Crippen LogP contribution is -2.55. The van der Waals surface area contributed by atoms with Crippen molar-refractivity contribution in [1.82, 2.24) is 9.80 Å². The molecule has 3 aliphatic heterocycles. The molecule has 11 heteroatoms. The highest BCUT2D eigenvalue weighted by Gasteiger charge is 2.47. The molecule has 3 rings (SSSR count). The van der Waals surface area contributed by atoms with Gasteiger partial charge in [0.15, 0.2) is 6.10 Å². The molecule has 10 atom stereocenters. The summed E-state index contributed by atoms with van der Waals surface area (Å²) >= 11 is 0. The maximum atomic E-state index is 13.6. The molecule has 0 aromatic heterocycles. The number of aliphatic hydroxyl groups excluding tert-OH is 1. The van der Waals surface area contributed by atoms with Crippen LogP contribution in [0, 0.1) is 17.8 Å². The molecule has 0 bridgehead atoms. The molecule has 3 heterocycles. The highest BCUT2D eigenvalue weighted by Crippen LogP contribution is 2.38. The van der Waals surface area contributed by atoms with E-state index < -0.39 is 41.6 Å². The van der Waals surface area contributed by atoms with Crippen LogP contribution >= 0.6 is 0 Å². The first-order valence-corrected chi connectivity index (χ1v) is 18.9. The summed E-state index contributed by atoms with van der Waals surface area (Å²) in [5, 5.41) is 21.3. The van der Waals surface area contributed by atoms with Gasteiger partial charge in [-0.25, -0.2) is 4.79 Å². The number of carbonyl (C=O) groups is 3. The lowest BCUT2D eigenvalue weighted by atomic mass is 9.86. The van der Waals surface area contributed by atoms with Gasteiger partial charge in [-0.15, -0.1) is 0 Å².